The lowest BCUT2D eigenvalue weighted by Gasteiger charge is -2.35. The summed E-state index contributed by atoms with van der Waals surface area (Å²) in [5.74, 6) is -2.65. The molecule has 1 aliphatic rings. The van der Waals surface area contributed by atoms with Gasteiger partial charge >= 0.3 is 5.56 Å². The highest BCUT2D eigenvalue weighted by molar-refractivity contribution is 7.88. The predicted molar refractivity (Wildman–Crippen MR) is 143 cm³/mol. The van der Waals surface area contributed by atoms with Crippen LogP contribution in [0.15, 0.2) is 83.8 Å². The molecular formula is C28H25F3N4O4S. The lowest BCUT2D eigenvalue weighted by atomic mass is 10.2. The molecule has 1 aliphatic heterocycles. The van der Waals surface area contributed by atoms with Crippen LogP contribution in [0.3, 0.4) is 0 Å². The number of sulfonamides is 1. The summed E-state index contributed by atoms with van der Waals surface area (Å²) in [5.41, 5.74) is 0.175. The summed E-state index contributed by atoms with van der Waals surface area (Å²) in [6.07, 6.45) is 1.31. The van der Waals surface area contributed by atoms with Gasteiger partial charge in [0.25, 0.3) is 0 Å². The number of hydrogen-bond acceptors (Lipinski definition) is 6. The van der Waals surface area contributed by atoms with Crippen LogP contribution in [0.2, 0.25) is 0 Å². The molecule has 1 saturated heterocycles. The van der Waals surface area contributed by atoms with Crippen molar-refractivity contribution in [2.24, 2.45) is 0 Å². The maximum Gasteiger partial charge on any atom is 0.316 e. The maximum atomic E-state index is 14.3. The van der Waals surface area contributed by atoms with Crippen LogP contribution < -0.4 is 15.2 Å². The molecule has 40 heavy (non-hydrogen) atoms. The first-order valence-electron chi connectivity index (χ1n) is 12.4. The summed E-state index contributed by atoms with van der Waals surface area (Å²) in [4.78, 5) is 15.2. The van der Waals surface area contributed by atoms with E-state index in [-0.39, 0.29) is 61.2 Å². The van der Waals surface area contributed by atoms with Crippen molar-refractivity contribution in [3.63, 3.8) is 0 Å². The molecule has 5 rings (SSSR count). The monoisotopic (exact) mass is 570 g/mol. The number of nitrogens with zero attached hydrogens (tertiary/aromatic N) is 4. The Bertz CT molecular complexity index is 1650. The highest BCUT2D eigenvalue weighted by Gasteiger charge is 2.29. The number of hydrogen-bond donors (Lipinski definition) is 0. The van der Waals surface area contributed by atoms with Gasteiger partial charge in [-0.15, -0.1) is 0 Å². The second kappa shape index (κ2) is 11.5. The van der Waals surface area contributed by atoms with E-state index in [4.69, 9.17) is 4.74 Å². The molecule has 1 aromatic heterocycles. The van der Waals surface area contributed by atoms with Gasteiger partial charge in [0.2, 0.25) is 15.8 Å². The molecule has 0 saturated carbocycles. The molecule has 3 aromatic carbocycles. The van der Waals surface area contributed by atoms with Crippen molar-refractivity contribution in [1.82, 2.24) is 14.1 Å². The van der Waals surface area contributed by atoms with E-state index in [1.54, 1.807) is 35.2 Å². The van der Waals surface area contributed by atoms with Crippen molar-refractivity contribution in [3.05, 3.63) is 118 Å². The predicted octanol–water partition coefficient (Wildman–Crippen LogP) is 3.88. The molecule has 0 bridgehead atoms. The Balaban J connectivity index is 1.42. The molecule has 12 heteroatoms. The van der Waals surface area contributed by atoms with Gasteiger partial charge in [-0.05, 0) is 23.8 Å². The number of halogens is 3. The summed E-state index contributed by atoms with van der Waals surface area (Å²) in [7, 11) is -3.58. The summed E-state index contributed by atoms with van der Waals surface area (Å²) in [6.45, 7) is 0.468. The minimum Gasteiger partial charge on any atom is -0.481 e. The molecule has 0 aliphatic carbocycles. The van der Waals surface area contributed by atoms with Gasteiger partial charge in [-0.2, -0.15) is 14.1 Å². The SMILES string of the molecule is O=c1c(OCc2ccccc2F)c(N2CCN(S(=O)(=O)Cc3ccccc3)CC2)cnn1-c1cc(F)cc(F)c1. The summed E-state index contributed by atoms with van der Waals surface area (Å²) >= 11 is 0. The van der Waals surface area contributed by atoms with Crippen LogP contribution >= 0.6 is 0 Å². The van der Waals surface area contributed by atoms with Gasteiger partial charge in [0.05, 0.1) is 17.6 Å². The smallest absolute Gasteiger partial charge is 0.316 e. The van der Waals surface area contributed by atoms with Gasteiger partial charge in [0.15, 0.2) is 0 Å². The fourth-order valence-electron chi connectivity index (χ4n) is 4.48. The Labute approximate surface area is 228 Å². The second-order valence-electron chi connectivity index (χ2n) is 9.21. The molecule has 0 unspecified atom stereocenters. The molecule has 8 nitrogen and oxygen atoms in total. The first kappa shape index (κ1) is 27.4. The third-order valence-electron chi connectivity index (χ3n) is 6.50. The van der Waals surface area contributed by atoms with E-state index >= 15 is 0 Å². The fraction of sp³-hybridized carbons (Fsp3) is 0.214. The van der Waals surface area contributed by atoms with Gasteiger partial charge in [-0.1, -0.05) is 48.5 Å². The zero-order valence-electron chi connectivity index (χ0n) is 21.2. The van der Waals surface area contributed by atoms with Gasteiger partial charge in [0.1, 0.15) is 29.7 Å². The lowest BCUT2D eigenvalue weighted by Crippen LogP contribution is -2.49. The molecule has 4 aromatic rings. The van der Waals surface area contributed by atoms with Gasteiger partial charge in [-0.3, -0.25) is 4.79 Å². The largest absolute Gasteiger partial charge is 0.481 e. The third kappa shape index (κ3) is 6.02. The molecule has 2 heterocycles. The van der Waals surface area contributed by atoms with E-state index in [0.29, 0.717) is 11.6 Å². The number of piperazine rings is 1. The molecule has 0 atom stereocenters. The summed E-state index contributed by atoms with van der Waals surface area (Å²) in [6, 6.07) is 17.3. The zero-order chi connectivity index (χ0) is 28.3. The number of anilines is 1. The van der Waals surface area contributed by atoms with Crippen molar-refractivity contribution >= 4 is 15.7 Å². The topological polar surface area (TPSA) is 84.7 Å². The molecule has 1 fully saturated rings. The average molecular weight is 571 g/mol. The van der Waals surface area contributed by atoms with Gasteiger partial charge in [-0.25, -0.2) is 21.6 Å². The van der Waals surface area contributed by atoms with Crippen LogP contribution in [0.1, 0.15) is 11.1 Å². The number of aromatic nitrogens is 2. The minimum absolute atomic E-state index is 0.132. The average Bonchev–Trinajstić information content (AvgIpc) is 2.93. The standard InChI is InChI=1S/C28H25F3N4O4S/c29-22-14-23(30)16-24(15-22)35-28(36)27(39-18-21-8-4-5-9-25(21)31)26(17-32-35)33-10-12-34(13-11-33)40(37,38)19-20-6-2-1-3-7-20/h1-9,14-17H,10-13,18-19H2. The highest BCUT2D eigenvalue weighted by Crippen LogP contribution is 2.27. The van der Waals surface area contributed by atoms with Crippen LogP contribution in [-0.2, 0) is 22.4 Å². The van der Waals surface area contributed by atoms with Crippen molar-refractivity contribution in [2.75, 3.05) is 31.1 Å². The fourth-order valence-corrected chi connectivity index (χ4v) is 6.00. The third-order valence-corrected chi connectivity index (χ3v) is 8.35. The van der Waals surface area contributed by atoms with Crippen LogP contribution in [-0.4, -0.2) is 48.7 Å². The second-order valence-corrected chi connectivity index (χ2v) is 11.2. The summed E-state index contributed by atoms with van der Waals surface area (Å²) < 4.78 is 76.0. The number of rotatable bonds is 8. The number of benzene rings is 3. The molecular weight excluding hydrogens is 545 g/mol. The van der Waals surface area contributed by atoms with E-state index in [1.165, 1.54) is 28.7 Å². The number of ether oxygens (including phenoxy) is 1. The quantitative estimate of drug-likeness (QED) is 0.320. The van der Waals surface area contributed by atoms with Gasteiger partial charge in [0, 0.05) is 37.8 Å². The molecule has 0 N–H and O–H groups in total. The van der Waals surface area contributed by atoms with E-state index in [0.717, 1.165) is 16.8 Å². The van der Waals surface area contributed by atoms with Crippen molar-refractivity contribution < 1.29 is 26.3 Å². The normalized spacial score (nSPS) is 14.3. The first-order chi connectivity index (χ1) is 19.2. The van der Waals surface area contributed by atoms with Crippen molar-refractivity contribution in [3.8, 4) is 11.4 Å². The van der Waals surface area contributed by atoms with Crippen LogP contribution in [0.5, 0.6) is 5.75 Å². The van der Waals surface area contributed by atoms with E-state index < -0.39 is 33.0 Å². The first-order valence-corrected chi connectivity index (χ1v) is 14.0. The Morgan fingerprint density at radius 2 is 1.50 bits per heavy atom. The van der Waals surface area contributed by atoms with Crippen molar-refractivity contribution in [2.45, 2.75) is 12.4 Å². The molecule has 0 spiro atoms. The Kier molecular flexibility index (Phi) is 7.90. The van der Waals surface area contributed by atoms with Crippen LogP contribution in [0.4, 0.5) is 18.9 Å². The maximum absolute atomic E-state index is 14.3. The molecule has 0 amide bonds. The van der Waals surface area contributed by atoms with E-state index in [1.807, 2.05) is 6.07 Å². The Morgan fingerprint density at radius 3 is 2.17 bits per heavy atom. The van der Waals surface area contributed by atoms with Crippen LogP contribution in [0.25, 0.3) is 5.69 Å². The molecule has 0 radical (unpaired) electrons. The lowest BCUT2D eigenvalue weighted by molar-refractivity contribution is 0.292. The highest BCUT2D eigenvalue weighted by atomic mass is 32.2. The molecule has 208 valence electrons. The van der Waals surface area contributed by atoms with Crippen molar-refractivity contribution in [1.29, 1.82) is 0 Å². The van der Waals surface area contributed by atoms with Crippen LogP contribution in [0, 0.1) is 17.5 Å². The van der Waals surface area contributed by atoms with E-state index in [2.05, 4.69) is 5.10 Å². The Hall–Kier alpha value is -4.16. The van der Waals surface area contributed by atoms with Gasteiger partial charge < -0.3 is 9.64 Å². The minimum atomic E-state index is -3.58. The van der Waals surface area contributed by atoms with E-state index in [9.17, 15) is 26.4 Å². The Morgan fingerprint density at radius 1 is 0.850 bits per heavy atom. The zero-order valence-corrected chi connectivity index (χ0v) is 22.0. The summed E-state index contributed by atoms with van der Waals surface area (Å²) in [5, 5.41) is 4.11.